The number of carbonyl (C=O) groups excluding carboxylic acids is 1. The van der Waals surface area contributed by atoms with Crippen molar-refractivity contribution >= 4 is 16.8 Å². The molecule has 2 saturated heterocycles. The highest BCUT2D eigenvalue weighted by Crippen LogP contribution is 2.38. The minimum Gasteiger partial charge on any atom is -0.350 e. The summed E-state index contributed by atoms with van der Waals surface area (Å²) in [7, 11) is 4.36. The van der Waals surface area contributed by atoms with E-state index in [1.54, 1.807) is 0 Å². The molecule has 126 valence electrons. The van der Waals surface area contributed by atoms with Gasteiger partial charge in [0.2, 0.25) is 0 Å². The Morgan fingerprint density at radius 1 is 1.04 bits per heavy atom. The van der Waals surface area contributed by atoms with Gasteiger partial charge in [-0.05, 0) is 50.4 Å². The highest BCUT2D eigenvalue weighted by Gasteiger charge is 2.41. The van der Waals surface area contributed by atoms with Crippen LogP contribution in [-0.4, -0.2) is 45.4 Å². The van der Waals surface area contributed by atoms with Crippen molar-refractivity contribution in [2.75, 3.05) is 7.05 Å². The van der Waals surface area contributed by atoms with Gasteiger partial charge in [-0.3, -0.25) is 4.79 Å². The number of rotatable bonds is 1. The van der Waals surface area contributed by atoms with Gasteiger partial charge in [-0.15, -0.1) is 0 Å². The molecule has 2 bridgehead atoms. The molecule has 4 heteroatoms. The number of piperidine rings is 2. The molecule has 24 heavy (non-hydrogen) atoms. The van der Waals surface area contributed by atoms with Gasteiger partial charge in [-0.25, -0.2) is 0 Å². The molecular weight excluding hydrogens is 298 g/mol. The molecule has 0 radical (unpaired) electrons. The second-order valence-corrected chi connectivity index (χ2v) is 7.93. The summed E-state index contributed by atoms with van der Waals surface area (Å²) >= 11 is 0. The molecule has 1 aromatic heterocycles. The van der Waals surface area contributed by atoms with Crippen LogP contribution in [0.3, 0.4) is 0 Å². The van der Waals surface area contributed by atoms with E-state index in [1.807, 2.05) is 12.1 Å². The van der Waals surface area contributed by atoms with Crippen molar-refractivity contribution in [2.24, 2.45) is 7.05 Å². The van der Waals surface area contributed by atoms with E-state index in [0.29, 0.717) is 18.1 Å². The molecule has 3 aliphatic rings. The summed E-state index contributed by atoms with van der Waals surface area (Å²) < 4.78 is 2.16. The van der Waals surface area contributed by atoms with Crippen molar-refractivity contribution in [1.82, 2.24) is 14.4 Å². The van der Waals surface area contributed by atoms with Gasteiger partial charge in [-0.2, -0.15) is 0 Å². The highest BCUT2D eigenvalue weighted by atomic mass is 16.2. The van der Waals surface area contributed by atoms with Crippen LogP contribution in [-0.2, 0) is 13.6 Å². The van der Waals surface area contributed by atoms with E-state index in [-0.39, 0.29) is 5.91 Å². The number of hydrogen-bond donors (Lipinski definition) is 0. The zero-order valence-electron chi connectivity index (χ0n) is 14.5. The monoisotopic (exact) mass is 323 g/mol. The summed E-state index contributed by atoms with van der Waals surface area (Å²) in [6.07, 6.45) is 8.41. The van der Waals surface area contributed by atoms with E-state index in [2.05, 4.69) is 40.7 Å². The quantitative estimate of drug-likeness (QED) is 0.806. The molecule has 2 atom stereocenters. The third-order valence-electron chi connectivity index (χ3n) is 6.68. The summed E-state index contributed by atoms with van der Waals surface area (Å²) in [6, 6.07) is 7.85. The fourth-order valence-electron chi connectivity index (χ4n) is 5.38. The van der Waals surface area contributed by atoms with E-state index >= 15 is 0 Å². The van der Waals surface area contributed by atoms with Gasteiger partial charge in [0, 0.05) is 54.4 Å². The Bertz CT molecular complexity index is 810. The molecule has 0 aliphatic carbocycles. The molecule has 2 unspecified atom stereocenters. The molecule has 1 aromatic carbocycles. The van der Waals surface area contributed by atoms with Crippen molar-refractivity contribution < 1.29 is 4.79 Å². The number of hydrogen-bond acceptors (Lipinski definition) is 2. The summed E-state index contributed by atoms with van der Waals surface area (Å²) in [5.41, 5.74) is 3.39. The number of aromatic nitrogens is 1. The molecule has 4 heterocycles. The number of amides is 1. The lowest BCUT2D eigenvalue weighted by Crippen LogP contribution is -2.56. The fraction of sp³-hybridized carbons (Fsp3) is 0.550. The maximum absolute atomic E-state index is 13.2. The van der Waals surface area contributed by atoms with Crippen LogP contribution in [0.2, 0.25) is 0 Å². The van der Waals surface area contributed by atoms with Crippen molar-refractivity contribution in [3.8, 4) is 0 Å². The number of nitrogens with zero attached hydrogens (tertiary/aromatic N) is 3. The van der Waals surface area contributed by atoms with Crippen LogP contribution in [0.5, 0.6) is 0 Å². The van der Waals surface area contributed by atoms with Gasteiger partial charge in [-0.1, -0.05) is 12.5 Å². The zero-order valence-corrected chi connectivity index (χ0v) is 14.5. The molecule has 5 rings (SSSR count). The summed E-state index contributed by atoms with van der Waals surface area (Å²) in [4.78, 5) is 18.0. The predicted octanol–water partition coefficient (Wildman–Crippen LogP) is 3.15. The van der Waals surface area contributed by atoms with E-state index in [9.17, 15) is 4.79 Å². The van der Waals surface area contributed by atoms with Gasteiger partial charge >= 0.3 is 0 Å². The van der Waals surface area contributed by atoms with Gasteiger partial charge in [0.05, 0.1) is 0 Å². The number of aryl methyl sites for hydroxylation is 1. The Hall–Kier alpha value is -1.81. The Morgan fingerprint density at radius 3 is 2.54 bits per heavy atom. The minimum absolute atomic E-state index is 0.243. The van der Waals surface area contributed by atoms with E-state index in [0.717, 1.165) is 24.9 Å². The Labute approximate surface area is 143 Å². The van der Waals surface area contributed by atoms with Gasteiger partial charge < -0.3 is 14.4 Å². The fourth-order valence-corrected chi connectivity index (χ4v) is 5.38. The first-order valence-electron chi connectivity index (χ1n) is 9.23. The standard InChI is InChI=1S/C20H25N3O/c1-21-11-13-12-23(20(24)17-7-4-8-18(21)19(13)17)16-9-14-5-3-6-15(10-16)22(14)2/h4,7-8,11,14-16H,3,5-6,9-10,12H2,1-2H3. The molecule has 2 fully saturated rings. The van der Waals surface area contributed by atoms with Crippen LogP contribution in [0.25, 0.3) is 10.9 Å². The molecule has 0 spiro atoms. The Balaban J connectivity index is 1.52. The van der Waals surface area contributed by atoms with Crippen LogP contribution in [0.1, 0.15) is 48.0 Å². The average Bonchev–Trinajstić information content (AvgIpc) is 2.88. The molecular formula is C20H25N3O. The molecule has 1 amide bonds. The number of fused-ring (bicyclic) bond motifs is 2. The topological polar surface area (TPSA) is 28.5 Å². The first-order valence-corrected chi connectivity index (χ1v) is 9.23. The smallest absolute Gasteiger partial charge is 0.255 e. The van der Waals surface area contributed by atoms with Crippen LogP contribution in [0, 0.1) is 0 Å². The lowest BCUT2D eigenvalue weighted by atomic mass is 9.81. The second kappa shape index (κ2) is 5.09. The van der Waals surface area contributed by atoms with Crippen LogP contribution in [0.4, 0.5) is 0 Å². The van der Waals surface area contributed by atoms with Crippen molar-refractivity contribution in [3.63, 3.8) is 0 Å². The minimum atomic E-state index is 0.243. The van der Waals surface area contributed by atoms with Crippen molar-refractivity contribution in [1.29, 1.82) is 0 Å². The zero-order chi connectivity index (χ0) is 16.4. The van der Waals surface area contributed by atoms with Gasteiger partial charge in [0.15, 0.2) is 0 Å². The van der Waals surface area contributed by atoms with Crippen molar-refractivity contribution in [3.05, 3.63) is 35.5 Å². The summed E-state index contributed by atoms with van der Waals surface area (Å²) in [6.45, 7) is 0.779. The first-order chi connectivity index (χ1) is 11.6. The summed E-state index contributed by atoms with van der Waals surface area (Å²) in [5.74, 6) is 0.243. The van der Waals surface area contributed by atoms with E-state index < -0.39 is 0 Å². The van der Waals surface area contributed by atoms with Crippen LogP contribution >= 0.6 is 0 Å². The largest absolute Gasteiger partial charge is 0.350 e. The molecule has 0 saturated carbocycles. The highest BCUT2D eigenvalue weighted by molar-refractivity contribution is 6.09. The third-order valence-corrected chi connectivity index (χ3v) is 6.68. The average molecular weight is 323 g/mol. The molecule has 0 N–H and O–H groups in total. The number of benzene rings is 1. The van der Waals surface area contributed by atoms with Gasteiger partial charge in [0.25, 0.3) is 5.91 Å². The van der Waals surface area contributed by atoms with E-state index in [4.69, 9.17) is 0 Å². The maximum atomic E-state index is 13.2. The lowest BCUT2D eigenvalue weighted by Gasteiger charge is -2.50. The SMILES string of the molecule is CN1C2CCCC1CC(N1Cc3cn(C)c4cccc(c34)C1=O)C2. The predicted molar refractivity (Wildman–Crippen MR) is 95.0 cm³/mol. The maximum Gasteiger partial charge on any atom is 0.255 e. The normalized spacial score (nSPS) is 30.2. The van der Waals surface area contributed by atoms with Crippen LogP contribution in [0.15, 0.2) is 24.4 Å². The Morgan fingerprint density at radius 2 is 1.79 bits per heavy atom. The first kappa shape index (κ1) is 14.5. The molecule has 2 aromatic rings. The van der Waals surface area contributed by atoms with Crippen molar-refractivity contribution in [2.45, 2.75) is 56.8 Å². The second-order valence-electron chi connectivity index (χ2n) is 7.93. The van der Waals surface area contributed by atoms with E-state index in [1.165, 1.54) is 35.7 Å². The molecule has 4 nitrogen and oxygen atoms in total. The summed E-state index contributed by atoms with van der Waals surface area (Å²) in [5, 5.41) is 1.18. The van der Waals surface area contributed by atoms with Gasteiger partial charge in [0.1, 0.15) is 0 Å². The number of carbonyl (C=O) groups is 1. The van der Waals surface area contributed by atoms with Crippen LogP contribution < -0.4 is 0 Å². The third kappa shape index (κ3) is 1.92. The lowest BCUT2D eigenvalue weighted by molar-refractivity contribution is 0.00750. The molecule has 3 aliphatic heterocycles. The Kier molecular flexibility index (Phi) is 3.08.